The van der Waals surface area contributed by atoms with Crippen molar-refractivity contribution in [1.29, 1.82) is 0 Å². The number of hydrogen-bond donors (Lipinski definition) is 0. The van der Waals surface area contributed by atoms with Gasteiger partial charge in [0.15, 0.2) is 0 Å². The molecule has 1 heterocycles. The Morgan fingerprint density at radius 1 is 1.24 bits per heavy atom. The van der Waals surface area contributed by atoms with Crippen molar-refractivity contribution in [3.05, 3.63) is 35.9 Å². The van der Waals surface area contributed by atoms with Crippen LogP contribution in [0.15, 0.2) is 30.3 Å². The highest BCUT2D eigenvalue weighted by Gasteiger charge is 2.29. The van der Waals surface area contributed by atoms with Gasteiger partial charge in [-0.15, -0.1) is 0 Å². The average molecular weight is 231 g/mol. The molecule has 0 N–H and O–H groups in total. The molecule has 1 saturated heterocycles. The molecular formula is C15H21NO. The number of carbonyl (C=O) groups excluding carboxylic acids is 1. The van der Waals surface area contributed by atoms with Crippen molar-refractivity contribution in [2.24, 2.45) is 5.92 Å². The third-order valence-electron chi connectivity index (χ3n) is 3.60. The third-order valence-corrected chi connectivity index (χ3v) is 3.60. The molecule has 2 heteroatoms. The standard InChI is InChI=1S/C15H21NO/c1-12(2)14-10-6-7-11-16(14)15(17)13-8-4-3-5-9-13/h3-5,8-9,12,14H,6-7,10-11H2,1-2H3. The number of piperidine rings is 1. The Morgan fingerprint density at radius 3 is 2.59 bits per heavy atom. The van der Waals surface area contributed by atoms with E-state index in [0.29, 0.717) is 12.0 Å². The first-order chi connectivity index (χ1) is 8.20. The molecule has 1 amide bonds. The largest absolute Gasteiger partial charge is 0.335 e. The van der Waals surface area contributed by atoms with Crippen molar-refractivity contribution in [3.8, 4) is 0 Å². The molecule has 0 spiro atoms. The number of carbonyl (C=O) groups is 1. The van der Waals surface area contributed by atoms with E-state index in [1.165, 1.54) is 6.42 Å². The van der Waals surface area contributed by atoms with Gasteiger partial charge in [0.1, 0.15) is 0 Å². The molecule has 1 fully saturated rings. The summed E-state index contributed by atoms with van der Waals surface area (Å²) in [7, 11) is 0. The first-order valence-electron chi connectivity index (χ1n) is 6.56. The van der Waals surface area contributed by atoms with Gasteiger partial charge in [-0.05, 0) is 37.3 Å². The zero-order chi connectivity index (χ0) is 12.3. The summed E-state index contributed by atoms with van der Waals surface area (Å²) < 4.78 is 0. The molecule has 0 radical (unpaired) electrons. The summed E-state index contributed by atoms with van der Waals surface area (Å²) in [5, 5.41) is 0. The number of likely N-dealkylation sites (tertiary alicyclic amines) is 1. The predicted molar refractivity (Wildman–Crippen MR) is 70.0 cm³/mol. The van der Waals surface area contributed by atoms with Crippen LogP contribution in [0.5, 0.6) is 0 Å². The topological polar surface area (TPSA) is 20.3 Å². The van der Waals surface area contributed by atoms with Gasteiger partial charge in [-0.3, -0.25) is 4.79 Å². The summed E-state index contributed by atoms with van der Waals surface area (Å²) in [5.74, 6) is 0.743. The van der Waals surface area contributed by atoms with E-state index in [-0.39, 0.29) is 5.91 Å². The normalized spacial score (nSPS) is 20.6. The van der Waals surface area contributed by atoms with Crippen LogP contribution in [-0.4, -0.2) is 23.4 Å². The Labute approximate surface area is 104 Å². The molecule has 1 unspecified atom stereocenters. The molecule has 1 aromatic rings. The maximum atomic E-state index is 12.4. The fourth-order valence-electron chi connectivity index (χ4n) is 2.65. The Hall–Kier alpha value is -1.31. The number of benzene rings is 1. The van der Waals surface area contributed by atoms with Crippen LogP contribution in [0.1, 0.15) is 43.5 Å². The van der Waals surface area contributed by atoms with Gasteiger partial charge in [0.25, 0.3) is 5.91 Å². The average Bonchev–Trinajstić information content (AvgIpc) is 2.39. The van der Waals surface area contributed by atoms with E-state index < -0.39 is 0 Å². The lowest BCUT2D eigenvalue weighted by atomic mass is 9.92. The third kappa shape index (κ3) is 2.68. The van der Waals surface area contributed by atoms with E-state index in [9.17, 15) is 4.79 Å². The lowest BCUT2D eigenvalue weighted by molar-refractivity contribution is 0.0543. The molecule has 2 rings (SSSR count). The second kappa shape index (κ2) is 5.35. The second-order valence-corrected chi connectivity index (χ2v) is 5.17. The van der Waals surface area contributed by atoms with Gasteiger partial charge < -0.3 is 4.90 Å². The van der Waals surface area contributed by atoms with Crippen LogP contribution in [-0.2, 0) is 0 Å². The fraction of sp³-hybridized carbons (Fsp3) is 0.533. The Kier molecular flexibility index (Phi) is 3.82. The summed E-state index contributed by atoms with van der Waals surface area (Å²) in [6.45, 7) is 5.33. The van der Waals surface area contributed by atoms with Gasteiger partial charge in [0.05, 0.1) is 0 Å². The first kappa shape index (κ1) is 12.2. The minimum atomic E-state index is 0.198. The lowest BCUT2D eigenvalue weighted by Gasteiger charge is -2.38. The summed E-state index contributed by atoms with van der Waals surface area (Å²) in [4.78, 5) is 14.5. The van der Waals surface area contributed by atoms with Crippen molar-refractivity contribution in [3.63, 3.8) is 0 Å². The molecule has 2 nitrogen and oxygen atoms in total. The van der Waals surface area contributed by atoms with E-state index >= 15 is 0 Å². The molecule has 0 saturated carbocycles. The minimum absolute atomic E-state index is 0.198. The van der Waals surface area contributed by atoms with E-state index in [0.717, 1.165) is 24.9 Å². The van der Waals surface area contributed by atoms with Gasteiger partial charge in [-0.2, -0.15) is 0 Å². The fourth-order valence-corrected chi connectivity index (χ4v) is 2.65. The molecule has 0 aromatic heterocycles. The number of hydrogen-bond acceptors (Lipinski definition) is 1. The molecular weight excluding hydrogens is 210 g/mol. The number of nitrogens with zero attached hydrogens (tertiary/aromatic N) is 1. The van der Waals surface area contributed by atoms with Gasteiger partial charge in [0, 0.05) is 18.2 Å². The Morgan fingerprint density at radius 2 is 1.94 bits per heavy atom. The van der Waals surface area contributed by atoms with Crippen LogP contribution >= 0.6 is 0 Å². The SMILES string of the molecule is CC(C)C1CCCCN1C(=O)c1ccccc1. The van der Waals surface area contributed by atoms with E-state index in [2.05, 4.69) is 18.7 Å². The maximum Gasteiger partial charge on any atom is 0.254 e. The summed E-state index contributed by atoms with van der Waals surface area (Å²) >= 11 is 0. The molecule has 1 aliphatic heterocycles. The smallest absolute Gasteiger partial charge is 0.254 e. The van der Waals surface area contributed by atoms with Gasteiger partial charge >= 0.3 is 0 Å². The monoisotopic (exact) mass is 231 g/mol. The highest BCUT2D eigenvalue weighted by Crippen LogP contribution is 2.24. The van der Waals surface area contributed by atoms with Crippen LogP contribution in [0.25, 0.3) is 0 Å². The van der Waals surface area contributed by atoms with Crippen molar-refractivity contribution < 1.29 is 4.79 Å². The van der Waals surface area contributed by atoms with E-state index in [1.807, 2.05) is 30.3 Å². The summed E-state index contributed by atoms with van der Waals surface area (Å²) in [6, 6.07) is 10.1. The summed E-state index contributed by atoms with van der Waals surface area (Å²) in [5.41, 5.74) is 0.819. The van der Waals surface area contributed by atoms with Crippen LogP contribution in [0.3, 0.4) is 0 Å². The van der Waals surface area contributed by atoms with Gasteiger partial charge in [0.2, 0.25) is 0 Å². The predicted octanol–water partition coefficient (Wildman–Crippen LogP) is 3.34. The molecule has 17 heavy (non-hydrogen) atoms. The van der Waals surface area contributed by atoms with Crippen LogP contribution in [0.4, 0.5) is 0 Å². The van der Waals surface area contributed by atoms with Gasteiger partial charge in [-0.1, -0.05) is 32.0 Å². The van der Waals surface area contributed by atoms with Crippen molar-refractivity contribution >= 4 is 5.91 Å². The first-order valence-corrected chi connectivity index (χ1v) is 6.56. The van der Waals surface area contributed by atoms with E-state index in [1.54, 1.807) is 0 Å². The highest BCUT2D eigenvalue weighted by atomic mass is 16.2. The highest BCUT2D eigenvalue weighted by molar-refractivity contribution is 5.94. The van der Waals surface area contributed by atoms with Gasteiger partial charge in [-0.25, -0.2) is 0 Å². The maximum absolute atomic E-state index is 12.4. The molecule has 1 aromatic carbocycles. The van der Waals surface area contributed by atoms with Crippen molar-refractivity contribution in [1.82, 2.24) is 4.90 Å². The molecule has 92 valence electrons. The number of rotatable bonds is 2. The van der Waals surface area contributed by atoms with Crippen LogP contribution in [0.2, 0.25) is 0 Å². The van der Waals surface area contributed by atoms with E-state index in [4.69, 9.17) is 0 Å². The zero-order valence-corrected chi connectivity index (χ0v) is 10.7. The Balaban J connectivity index is 2.17. The van der Waals surface area contributed by atoms with Crippen LogP contribution in [0, 0.1) is 5.92 Å². The second-order valence-electron chi connectivity index (χ2n) is 5.17. The molecule has 1 aliphatic rings. The van der Waals surface area contributed by atoms with Crippen LogP contribution < -0.4 is 0 Å². The number of amides is 1. The molecule has 0 aliphatic carbocycles. The van der Waals surface area contributed by atoms with Crippen molar-refractivity contribution in [2.45, 2.75) is 39.2 Å². The minimum Gasteiger partial charge on any atom is -0.335 e. The molecule has 1 atom stereocenters. The lowest BCUT2D eigenvalue weighted by Crippen LogP contribution is -2.46. The molecule has 0 bridgehead atoms. The quantitative estimate of drug-likeness (QED) is 0.764. The Bertz CT molecular complexity index is 372. The van der Waals surface area contributed by atoms with Crippen molar-refractivity contribution in [2.75, 3.05) is 6.54 Å². The zero-order valence-electron chi connectivity index (χ0n) is 10.7. The summed E-state index contributed by atoms with van der Waals surface area (Å²) in [6.07, 6.45) is 3.54.